The number of aryl methyl sites for hydroxylation is 2. The van der Waals surface area contributed by atoms with E-state index in [9.17, 15) is 18.0 Å². The van der Waals surface area contributed by atoms with Gasteiger partial charge in [0.2, 0.25) is 0 Å². The molecule has 0 spiro atoms. The fourth-order valence-corrected chi connectivity index (χ4v) is 1.21. The second kappa shape index (κ2) is 5.81. The highest BCUT2D eigenvalue weighted by Crippen LogP contribution is 2.14. The van der Waals surface area contributed by atoms with Gasteiger partial charge in [0.15, 0.2) is 0 Å². The third kappa shape index (κ3) is 5.48. The first-order chi connectivity index (χ1) is 7.88. The van der Waals surface area contributed by atoms with Crippen LogP contribution in [0.4, 0.5) is 13.2 Å². The van der Waals surface area contributed by atoms with E-state index in [1.807, 2.05) is 0 Å². The highest BCUT2D eigenvalue weighted by Gasteiger charge is 2.27. The van der Waals surface area contributed by atoms with Gasteiger partial charge >= 0.3 is 11.9 Å². The highest BCUT2D eigenvalue weighted by molar-refractivity contribution is 4.95. The zero-order valence-electron chi connectivity index (χ0n) is 9.33. The molecule has 0 bridgehead atoms. The molecule has 4 nitrogen and oxygen atoms in total. The Bertz CT molecular complexity index is 415. The molecule has 17 heavy (non-hydrogen) atoms. The van der Waals surface area contributed by atoms with Gasteiger partial charge in [0.1, 0.15) is 6.61 Å². The summed E-state index contributed by atoms with van der Waals surface area (Å²) in [5.41, 5.74) is 0.209. The molecule has 0 N–H and O–H groups in total. The first-order valence-corrected chi connectivity index (χ1v) is 5.07. The van der Waals surface area contributed by atoms with Gasteiger partial charge in [-0.15, -0.1) is 0 Å². The number of nitrogens with zero attached hydrogens (tertiary/aromatic N) is 2. The second-order valence-corrected chi connectivity index (χ2v) is 3.57. The molecule has 0 atom stereocenters. The van der Waals surface area contributed by atoms with Gasteiger partial charge in [0.05, 0.1) is 0 Å². The van der Waals surface area contributed by atoms with Crippen LogP contribution < -0.4 is 5.69 Å². The smallest absolute Gasteiger partial charge is 0.372 e. The van der Waals surface area contributed by atoms with Gasteiger partial charge in [-0.3, -0.25) is 4.57 Å². The Morgan fingerprint density at radius 1 is 1.47 bits per heavy atom. The minimum atomic E-state index is -4.30. The number of halogens is 3. The standard InChI is InChI=1S/C10H13F3N2O2/c1-8-3-5-15(9(16)14-8)4-2-6-17-7-10(11,12)13/h3,5H,2,4,6-7H2,1H3. The summed E-state index contributed by atoms with van der Waals surface area (Å²) >= 11 is 0. The van der Waals surface area contributed by atoms with E-state index in [-0.39, 0.29) is 6.61 Å². The van der Waals surface area contributed by atoms with Gasteiger partial charge < -0.3 is 4.74 Å². The molecule has 1 heterocycles. The molecule has 1 aromatic rings. The van der Waals surface area contributed by atoms with E-state index in [0.717, 1.165) is 0 Å². The molecule has 0 aliphatic rings. The van der Waals surface area contributed by atoms with Crippen molar-refractivity contribution in [2.45, 2.75) is 26.1 Å². The minimum Gasteiger partial charge on any atom is -0.372 e. The highest BCUT2D eigenvalue weighted by atomic mass is 19.4. The fraction of sp³-hybridized carbons (Fsp3) is 0.600. The van der Waals surface area contributed by atoms with Gasteiger partial charge in [-0.1, -0.05) is 0 Å². The van der Waals surface area contributed by atoms with Crippen LogP contribution in [0.1, 0.15) is 12.1 Å². The van der Waals surface area contributed by atoms with E-state index in [1.165, 1.54) is 4.57 Å². The third-order valence-electron chi connectivity index (χ3n) is 1.97. The molecule has 0 aliphatic carbocycles. The van der Waals surface area contributed by atoms with Crippen molar-refractivity contribution < 1.29 is 17.9 Å². The molecular formula is C10H13F3N2O2. The van der Waals surface area contributed by atoms with Crippen molar-refractivity contribution >= 4 is 0 Å². The molecule has 0 amide bonds. The number of alkyl halides is 3. The van der Waals surface area contributed by atoms with Crippen LogP contribution in [0.5, 0.6) is 0 Å². The molecule has 0 aromatic carbocycles. The van der Waals surface area contributed by atoms with Crippen molar-refractivity contribution in [1.29, 1.82) is 0 Å². The maximum Gasteiger partial charge on any atom is 0.411 e. The largest absolute Gasteiger partial charge is 0.411 e. The first-order valence-electron chi connectivity index (χ1n) is 5.07. The summed E-state index contributed by atoms with van der Waals surface area (Å²) in [7, 11) is 0. The Labute approximate surface area is 96.0 Å². The number of aromatic nitrogens is 2. The molecule has 0 saturated carbocycles. The summed E-state index contributed by atoms with van der Waals surface area (Å²) in [6.07, 6.45) is -2.41. The lowest BCUT2D eigenvalue weighted by Crippen LogP contribution is -2.24. The first kappa shape index (κ1) is 13.7. The Balaban J connectivity index is 2.29. The SMILES string of the molecule is Cc1ccn(CCCOCC(F)(F)F)c(=O)n1. The quantitative estimate of drug-likeness (QED) is 0.744. The molecule has 1 rings (SSSR count). The van der Waals surface area contributed by atoms with E-state index in [4.69, 9.17) is 0 Å². The second-order valence-electron chi connectivity index (χ2n) is 3.57. The van der Waals surface area contributed by atoms with Crippen LogP contribution in [0.15, 0.2) is 17.1 Å². The van der Waals surface area contributed by atoms with Gasteiger partial charge in [0.25, 0.3) is 0 Å². The summed E-state index contributed by atoms with van der Waals surface area (Å²) in [6.45, 7) is 0.691. The molecule has 0 saturated heterocycles. The van der Waals surface area contributed by atoms with Crippen molar-refractivity contribution in [2.24, 2.45) is 0 Å². The predicted octanol–water partition coefficient (Wildman–Crippen LogP) is 1.52. The van der Waals surface area contributed by atoms with Crippen LogP contribution in [0, 0.1) is 6.92 Å². The fourth-order valence-electron chi connectivity index (χ4n) is 1.21. The zero-order valence-corrected chi connectivity index (χ0v) is 9.33. The van der Waals surface area contributed by atoms with Crippen LogP contribution in [-0.4, -0.2) is 28.9 Å². The van der Waals surface area contributed by atoms with Crippen LogP contribution in [0.2, 0.25) is 0 Å². The summed E-state index contributed by atoms with van der Waals surface area (Å²) in [5, 5.41) is 0. The molecule has 0 unspecified atom stereocenters. The van der Waals surface area contributed by atoms with Crippen LogP contribution in [0.3, 0.4) is 0 Å². The minimum absolute atomic E-state index is 0.0418. The zero-order chi connectivity index (χ0) is 12.9. The Morgan fingerprint density at radius 2 is 2.18 bits per heavy atom. The molecule has 0 aliphatic heterocycles. The summed E-state index contributed by atoms with van der Waals surface area (Å²) in [4.78, 5) is 15.0. The molecule has 0 radical (unpaired) electrons. The topological polar surface area (TPSA) is 44.1 Å². The molecular weight excluding hydrogens is 237 g/mol. The lowest BCUT2D eigenvalue weighted by molar-refractivity contribution is -0.174. The maximum absolute atomic E-state index is 11.7. The lowest BCUT2D eigenvalue weighted by atomic mass is 10.4. The average Bonchev–Trinajstić information content (AvgIpc) is 2.18. The van der Waals surface area contributed by atoms with Crippen molar-refractivity contribution in [3.63, 3.8) is 0 Å². The number of hydrogen-bond donors (Lipinski definition) is 0. The Morgan fingerprint density at radius 3 is 2.76 bits per heavy atom. The van der Waals surface area contributed by atoms with Crippen molar-refractivity contribution in [3.05, 3.63) is 28.4 Å². The number of rotatable bonds is 5. The Hall–Kier alpha value is -1.37. The van der Waals surface area contributed by atoms with Crippen molar-refractivity contribution in [1.82, 2.24) is 9.55 Å². The van der Waals surface area contributed by atoms with Crippen LogP contribution in [0.25, 0.3) is 0 Å². The van der Waals surface area contributed by atoms with Gasteiger partial charge in [-0.05, 0) is 19.4 Å². The summed E-state index contributed by atoms with van der Waals surface area (Å²) < 4.78 is 40.9. The van der Waals surface area contributed by atoms with E-state index in [2.05, 4.69) is 9.72 Å². The molecule has 0 fully saturated rings. The van der Waals surface area contributed by atoms with E-state index >= 15 is 0 Å². The van der Waals surface area contributed by atoms with E-state index < -0.39 is 18.5 Å². The third-order valence-corrected chi connectivity index (χ3v) is 1.97. The van der Waals surface area contributed by atoms with Gasteiger partial charge in [0, 0.05) is 25.0 Å². The lowest BCUT2D eigenvalue weighted by Gasteiger charge is -2.08. The van der Waals surface area contributed by atoms with Crippen LogP contribution >= 0.6 is 0 Å². The van der Waals surface area contributed by atoms with E-state index in [1.54, 1.807) is 19.2 Å². The summed E-state index contributed by atoms with van der Waals surface area (Å²) in [6, 6.07) is 1.66. The van der Waals surface area contributed by atoms with E-state index in [0.29, 0.717) is 18.7 Å². The van der Waals surface area contributed by atoms with Crippen molar-refractivity contribution in [3.8, 4) is 0 Å². The normalized spacial score (nSPS) is 11.8. The Kier molecular flexibility index (Phi) is 4.68. The molecule has 96 valence electrons. The van der Waals surface area contributed by atoms with Crippen LogP contribution in [-0.2, 0) is 11.3 Å². The molecule has 7 heteroatoms. The summed E-state index contributed by atoms with van der Waals surface area (Å²) in [5.74, 6) is 0. The molecule has 1 aromatic heterocycles. The average molecular weight is 250 g/mol. The van der Waals surface area contributed by atoms with Gasteiger partial charge in [-0.25, -0.2) is 4.79 Å². The maximum atomic E-state index is 11.7. The number of hydrogen-bond acceptors (Lipinski definition) is 3. The number of ether oxygens (including phenoxy) is 1. The predicted molar refractivity (Wildman–Crippen MR) is 54.7 cm³/mol. The van der Waals surface area contributed by atoms with Crippen molar-refractivity contribution in [2.75, 3.05) is 13.2 Å². The van der Waals surface area contributed by atoms with Gasteiger partial charge in [-0.2, -0.15) is 18.2 Å². The monoisotopic (exact) mass is 250 g/mol.